The first-order chi connectivity index (χ1) is 12.4. The largest absolute Gasteiger partial charge is 0.407 e. The number of benzene rings is 2. The van der Waals surface area contributed by atoms with E-state index in [9.17, 15) is 0 Å². The Kier molecular flexibility index (Phi) is 7.39. The quantitative estimate of drug-likeness (QED) is 0.560. The highest BCUT2D eigenvalue weighted by atomic mass is 28.4. The van der Waals surface area contributed by atoms with Crippen molar-refractivity contribution in [1.29, 1.82) is 0 Å². The summed E-state index contributed by atoms with van der Waals surface area (Å²) in [5.74, 6) is 0.389. The van der Waals surface area contributed by atoms with Crippen LogP contribution in [0.25, 0.3) is 0 Å². The van der Waals surface area contributed by atoms with Crippen molar-refractivity contribution in [3.05, 3.63) is 72.8 Å². The molecule has 0 unspecified atom stereocenters. The van der Waals surface area contributed by atoms with Gasteiger partial charge in [0.1, 0.15) is 0 Å². The fourth-order valence-corrected chi connectivity index (χ4v) is 8.13. The summed E-state index contributed by atoms with van der Waals surface area (Å²) in [7, 11) is -2.42. The maximum absolute atomic E-state index is 8.96. The van der Waals surface area contributed by atoms with Crippen LogP contribution >= 0.6 is 0 Å². The minimum atomic E-state index is -2.42. The van der Waals surface area contributed by atoms with Crippen molar-refractivity contribution in [2.24, 2.45) is 5.92 Å². The molecule has 1 atom stereocenters. The van der Waals surface area contributed by atoms with E-state index in [0.717, 1.165) is 6.42 Å². The van der Waals surface area contributed by atoms with E-state index in [-0.39, 0.29) is 11.6 Å². The van der Waals surface area contributed by atoms with Gasteiger partial charge in [0.15, 0.2) is 0 Å². The Balaban J connectivity index is 2.39. The van der Waals surface area contributed by atoms with E-state index in [4.69, 9.17) is 9.53 Å². The van der Waals surface area contributed by atoms with Crippen LogP contribution in [0.2, 0.25) is 5.04 Å². The number of aliphatic hydroxyl groups is 1. The number of aliphatic hydroxyl groups excluding tert-OH is 1. The average Bonchev–Trinajstić information content (AvgIpc) is 2.64. The molecule has 0 fully saturated rings. The van der Waals surface area contributed by atoms with E-state index in [1.54, 1.807) is 0 Å². The van der Waals surface area contributed by atoms with E-state index < -0.39 is 8.32 Å². The second-order valence-corrected chi connectivity index (χ2v) is 12.2. The van der Waals surface area contributed by atoms with Crippen molar-refractivity contribution in [3.63, 3.8) is 0 Å². The highest BCUT2D eigenvalue weighted by Crippen LogP contribution is 2.36. The maximum Gasteiger partial charge on any atom is 0.261 e. The van der Waals surface area contributed by atoms with Crippen LogP contribution in [0.4, 0.5) is 0 Å². The fraction of sp³-hybridized carbons (Fsp3) is 0.391. The van der Waals surface area contributed by atoms with Crippen LogP contribution in [0.15, 0.2) is 72.8 Å². The minimum Gasteiger partial charge on any atom is -0.407 e. The lowest BCUT2D eigenvalue weighted by molar-refractivity contribution is 0.278. The van der Waals surface area contributed by atoms with Gasteiger partial charge < -0.3 is 9.53 Å². The van der Waals surface area contributed by atoms with Gasteiger partial charge in [-0.1, -0.05) is 101 Å². The van der Waals surface area contributed by atoms with Crippen LogP contribution in [-0.4, -0.2) is 26.6 Å². The smallest absolute Gasteiger partial charge is 0.261 e. The lowest BCUT2D eigenvalue weighted by Gasteiger charge is -2.43. The Morgan fingerprint density at radius 3 is 1.88 bits per heavy atom. The van der Waals surface area contributed by atoms with Gasteiger partial charge in [-0.15, -0.1) is 0 Å². The van der Waals surface area contributed by atoms with Crippen LogP contribution in [0.5, 0.6) is 0 Å². The molecule has 0 amide bonds. The van der Waals surface area contributed by atoms with Crippen molar-refractivity contribution < 1.29 is 9.53 Å². The Morgan fingerprint density at radius 1 is 0.962 bits per heavy atom. The van der Waals surface area contributed by atoms with Crippen molar-refractivity contribution >= 4 is 18.7 Å². The van der Waals surface area contributed by atoms with Crippen LogP contribution in [0.1, 0.15) is 34.1 Å². The molecule has 0 radical (unpaired) electrons. The zero-order valence-corrected chi connectivity index (χ0v) is 17.5. The Hall–Kier alpha value is -1.68. The zero-order valence-electron chi connectivity index (χ0n) is 16.5. The van der Waals surface area contributed by atoms with Gasteiger partial charge in [0.05, 0.1) is 6.61 Å². The number of allylic oxidation sites excluding steroid dienone is 1. The molecule has 3 heteroatoms. The third kappa shape index (κ3) is 4.73. The second-order valence-electron chi connectivity index (χ2n) is 7.89. The van der Waals surface area contributed by atoms with Gasteiger partial charge in [-0.25, -0.2) is 0 Å². The standard InChI is InChI=1S/C23H32O2Si/c1-20(12-11-18-24)17-19-25-26(23(2,3)4,21-13-7-5-8-14-21)22-15-9-6-10-16-22/h5-16,20,24H,17-19H2,1-4H3/b12-11+/t20-/m0/s1. The van der Waals surface area contributed by atoms with E-state index >= 15 is 0 Å². The molecule has 0 aromatic heterocycles. The fourth-order valence-electron chi connectivity index (χ4n) is 3.55. The highest BCUT2D eigenvalue weighted by Gasteiger charge is 2.49. The van der Waals surface area contributed by atoms with Crippen molar-refractivity contribution in [2.75, 3.05) is 13.2 Å². The third-order valence-electron chi connectivity index (χ3n) is 4.88. The summed E-state index contributed by atoms with van der Waals surface area (Å²) in [6.45, 7) is 9.88. The highest BCUT2D eigenvalue weighted by molar-refractivity contribution is 6.99. The SMILES string of the molecule is C[C@@H](/C=C/CO)CCO[Si](c1ccccc1)(c1ccccc1)C(C)(C)C. The molecular formula is C23H32O2Si. The van der Waals surface area contributed by atoms with Crippen LogP contribution < -0.4 is 10.4 Å². The molecule has 2 aromatic carbocycles. The zero-order chi connectivity index (χ0) is 19.0. The Labute approximate surface area is 159 Å². The average molecular weight is 369 g/mol. The van der Waals surface area contributed by atoms with Crippen LogP contribution in [0, 0.1) is 5.92 Å². The molecule has 0 spiro atoms. The molecule has 0 aliphatic heterocycles. The number of hydrogen-bond acceptors (Lipinski definition) is 2. The van der Waals surface area contributed by atoms with Crippen LogP contribution in [0.3, 0.4) is 0 Å². The van der Waals surface area contributed by atoms with Gasteiger partial charge in [-0.3, -0.25) is 0 Å². The first kappa shape index (κ1) is 20.6. The monoisotopic (exact) mass is 368 g/mol. The predicted molar refractivity (Wildman–Crippen MR) is 114 cm³/mol. The van der Waals surface area contributed by atoms with Gasteiger partial charge in [-0.05, 0) is 27.8 Å². The Morgan fingerprint density at radius 2 is 1.46 bits per heavy atom. The van der Waals surface area contributed by atoms with E-state index in [1.165, 1.54) is 10.4 Å². The second kappa shape index (κ2) is 9.31. The molecule has 0 saturated carbocycles. The molecule has 0 bridgehead atoms. The van der Waals surface area contributed by atoms with Gasteiger partial charge >= 0.3 is 0 Å². The van der Waals surface area contributed by atoms with Gasteiger partial charge in [0.25, 0.3) is 8.32 Å². The summed E-state index contributed by atoms with van der Waals surface area (Å²) in [6.07, 6.45) is 4.82. The lowest BCUT2D eigenvalue weighted by Crippen LogP contribution is -2.66. The normalized spacial score (nSPS) is 13.9. The molecule has 1 N–H and O–H groups in total. The first-order valence-electron chi connectivity index (χ1n) is 9.44. The summed E-state index contributed by atoms with van der Waals surface area (Å²) in [4.78, 5) is 0. The van der Waals surface area contributed by atoms with Crippen molar-refractivity contribution in [2.45, 2.75) is 39.2 Å². The minimum absolute atomic E-state index is 0.0138. The lowest BCUT2D eigenvalue weighted by atomic mass is 10.1. The molecule has 0 heterocycles. The summed E-state index contributed by atoms with van der Waals surface area (Å²) in [5, 5.41) is 11.6. The number of hydrogen-bond donors (Lipinski definition) is 1. The predicted octanol–water partition coefficient (Wildman–Crippen LogP) is 4.14. The summed E-state index contributed by atoms with van der Waals surface area (Å²) < 4.78 is 6.86. The summed E-state index contributed by atoms with van der Waals surface area (Å²) >= 11 is 0. The third-order valence-corrected chi connectivity index (χ3v) is 9.92. The summed E-state index contributed by atoms with van der Waals surface area (Å²) in [5.41, 5.74) is 0. The van der Waals surface area contributed by atoms with Crippen molar-refractivity contribution in [3.8, 4) is 0 Å². The molecule has 2 rings (SSSR count). The Bertz CT molecular complexity index is 635. The molecular weight excluding hydrogens is 336 g/mol. The molecule has 140 valence electrons. The first-order valence-corrected chi connectivity index (χ1v) is 11.3. The van der Waals surface area contributed by atoms with E-state index in [1.807, 2.05) is 6.08 Å². The molecule has 0 saturated heterocycles. The molecule has 2 nitrogen and oxygen atoms in total. The van der Waals surface area contributed by atoms with Gasteiger partial charge in [-0.2, -0.15) is 0 Å². The van der Waals surface area contributed by atoms with E-state index in [2.05, 4.69) is 94.4 Å². The molecule has 26 heavy (non-hydrogen) atoms. The summed E-state index contributed by atoms with van der Waals surface area (Å²) in [6, 6.07) is 21.5. The van der Waals surface area contributed by atoms with Crippen LogP contribution in [-0.2, 0) is 4.43 Å². The van der Waals surface area contributed by atoms with Crippen molar-refractivity contribution in [1.82, 2.24) is 0 Å². The molecule has 0 aliphatic rings. The topological polar surface area (TPSA) is 29.5 Å². The van der Waals surface area contributed by atoms with Gasteiger partial charge in [0, 0.05) is 6.61 Å². The maximum atomic E-state index is 8.96. The van der Waals surface area contributed by atoms with E-state index in [0.29, 0.717) is 12.5 Å². The molecule has 0 aliphatic carbocycles. The molecule has 2 aromatic rings. The van der Waals surface area contributed by atoms with Gasteiger partial charge in [0.2, 0.25) is 0 Å². The number of rotatable bonds is 8.